The maximum atomic E-state index is 13.1. The van der Waals surface area contributed by atoms with Gasteiger partial charge in [0.05, 0.1) is 10.5 Å². The first kappa shape index (κ1) is 17.0. The van der Waals surface area contributed by atoms with Gasteiger partial charge in [-0.1, -0.05) is 12.1 Å². The fourth-order valence-corrected chi connectivity index (χ4v) is 5.46. The second-order valence-electron chi connectivity index (χ2n) is 5.16. The molecule has 0 saturated carbocycles. The molecule has 128 valence electrons. The van der Waals surface area contributed by atoms with Gasteiger partial charge in [0.2, 0.25) is 9.84 Å². The lowest BCUT2D eigenvalue weighted by molar-refractivity contribution is -0.139. The number of hydrogen-bond donors (Lipinski definition) is 2. The number of aromatic amines is 1. The van der Waals surface area contributed by atoms with Gasteiger partial charge < -0.3 is 10.7 Å². The lowest BCUT2D eigenvalue weighted by Gasteiger charge is -2.12. The van der Waals surface area contributed by atoms with E-state index in [1.807, 2.05) is 0 Å². The van der Waals surface area contributed by atoms with E-state index in [9.17, 15) is 21.6 Å². The number of rotatable bonds is 4. The van der Waals surface area contributed by atoms with Crippen LogP contribution in [0.3, 0.4) is 0 Å². The normalized spacial score (nSPS) is 12.8. The van der Waals surface area contributed by atoms with Gasteiger partial charge in [-0.25, -0.2) is 8.42 Å². The van der Waals surface area contributed by atoms with Crippen LogP contribution in [0.1, 0.15) is 11.1 Å². The number of thiophene rings is 1. The zero-order valence-corrected chi connectivity index (χ0v) is 13.9. The van der Waals surface area contributed by atoms with Gasteiger partial charge in [0.15, 0.2) is 0 Å². The number of nitrogens with two attached hydrogens (primary N) is 1. The fraction of sp³-hybridized carbons (Fsp3) is 0.200. The highest BCUT2D eigenvalue weighted by Gasteiger charge is 2.37. The molecular weight excluding hydrogens is 361 g/mol. The molecule has 0 amide bonds. The maximum absolute atomic E-state index is 13.1. The molecule has 3 rings (SSSR count). The molecule has 9 heteroatoms. The summed E-state index contributed by atoms with van der Waals surface area (Å²) in [6.45, 7) is 0.391. The van der Waals surface area contributed by atoms with Crippen molar-refractivity contribution in [2.75, 3.05) is 6.54 Å². The number of aromatic nitrogens is 1. The first-order valence-electron chi connectivity index (χ1n) is 6.96. The molecular formula is C15H13F3N2O2S2. The predicted octanol–water partition coefficient (Wildman–Crippen LogP) is 3.58. The molecule has 2 heterocycles. The minimum atomic E-state index is -4.74. The summed E-state index contributed by atoms with van der Waals surface area (Å²) in [5, 5.41) is 0.675. The molecule has 0 aliphatic carbocycles. The monoisotopic (exact) mass is 374 g/mol. The lowest BCUT2D eigenvalue weighted by Crippen LogP contribution is -2.12. The van der Waals surface area contributed by atoms with Crippen molar-refractivity contribution < 1.29 is 21.6 Å². The number of halogens is 3. The van der Waals surface area contributed by atoms with Crippen LogP contribution in [0.2, 0.25) is 0 Å². The summed E-state index contributed by atoms with van der Waals surface area (Å²) in [4.78, 5) is 2.80. The van der Waals surface area contributed by atoms with E-state index in [0.29, 0.717) is 23.2 Å². The summed E-state index contributed by atoms with van der Waals surface area (Å²) in [5.41, 5.74) is 5.19. The van der Waals surface area contributed by atoms with Gasteiger partial charge >= 0.3 is 6.18 Å². The number of benzene rings is 1. The van der Waals surface area contributed by atoms with Crippen molar-refractivity contribution in [1.82, 2.24) is 4.98 Å². The molecule has 3 aromatic rings. The molecule has 0 atom stereocenters. The molecule has 0 aliphatic rings. The molecule has 1 aromatic carbocycles. The van der Waals surface area contributed by atoms with Crippen molar-refractivity contribution in [3.8, 4) is 0 Å². The van der Waals surface area contributed by atoms with Gasteiger partial charge in [-0.15, -0.1) is 11.3 Å². The maximum Gasteiger partial charge on any atom is 0.417 e. The Labute approximate surface area is 140 Å². The van der Waals surface area contributed by atoms with Crippen LogP contribution >= 0.6 is 11.3 Å². The number of fused-ring (bicyclic) bond motifs is 1. The molecule has 0 fully saturated rings. The Morgan fingerprint density at radius 2 is 1.92 bits per heavy atom. The van der Waals surface area contributed by atoms with Crippen LogP contribution in [0, 0.1) is 0 Å². The molecule has 0 saturated heterocycles. The molecule has 3 N–H and O–H groups in total. The van der Waals surface area contributed by atoms with E-state index in [2.05, 4.69) is 4.98 Å². The summed E-state index contributed by atoms with van der Waals surface area (Å²) in [6.07, 6.45) is -2.46. The summed E-state index contributed by atoms with van der Waals surface area (Å²) < 4.78 is 64.7. The first-order chi connectivity index (χ1) is 11.2. The van der Waals surface area contributed by atoms with Crippen LogP contribution < -0.4 is 5.73 Å². The number of sulfone groups is 1. The molecule has 0 radical (unpaired) electrons. The standard InChI is InChI=1S/C15H13F3N2O2S2/c16-15(17,18)11-3-1-2-4-12(11)24(21,22)13-7-10-9(5-6-19)8-20-14(10)23-13/h1-4,7-8,20H,5-6,19H2. The number of alkyl halides is 3. The largest absolute Gasteiger partial charge is 0.417 e. The third kappa shape index (κ3) is 2.83. The van der Waals surface area contributed by atoms with Crippen molar-refractivity contribution >= 4 is 31.4 Å². The Morgan fingerprint density at radius 1 is 1.21 bits per heavy atom. The van der Waals surface area contributed by atoms with E-state index >= 15 is 0 Å². The van der Waals surface area contributed by atoms with Crippen LogP contribution in [0.5, 0.6) is 0 Å². The first-order valence-corrected chi connectivity index (χ1v) is 9.26. The van der Waals surface area contributed by atoms with E-state index in [1.54, 1.807) is 6.20 Å². The smallest absolute Gasteiger partial charge is 0.353 e. The number of H-pyrrole nitrogens is 1. The van der Waals surface area contributed by atoms with E-state index in [4.69, 9.17) is 5.73 Å². The Balaban J connectivity index is 2.16. The fourth-order valence-electron chi connectivity index (χ4n) is 2.48. The van der Waals surface area contributed by atoms with E-state index in [1.165, 1.54) is 18.2 Å². The molecule has 4 nitrogen and oxygen atoms in total. The summed E-state index contributed by atoms with van der Waals surface area (Å²) >= 11 is 0.913. The van der Waals surface area contributed by atoms with Gasteiger partial charge in [0, 0.05) is 11.6 Å². The highest BCUT2D eigenvalue weighted by atomic mass is 32.2. The highest BCUT2D eigenvalue weighted by Crippen LogP contribution is 2.39. The van der Waals surface area contributed by atoms with Crippen LogP contribution in [-0.4, -0.2) is 19.9 Å². The van der Waals surface area contributed by atoms with Gasteiger partial charge in [0.1, 0.15) is 9.04 Å². The SMILES string of the molecule is NCCc1c[nH]c2sc(S(=O)(=O)c3ccccc3C(F)(F)F)cc12. The van der Waals surface area contributed by atoms with E-state index in [-0.39, 0.29) is 4.21 Å². The third-order valence-corrected chi connectivity index (χ3v) is 6.95. The minimum absolute atomic E-state index is 0.126. The van der Waals surface area contributed by atoms with E-state index < -0.39 is 26.5 Å². The second-order valence-corrected chi connectivity index (χ2v) is 8.36. The average Bonchev–Trinajstić information content (AvgIpc) is 3.09. The molecule has 24 heavy (non-hydrogen) atoms. The average molecular weight is 374 g/mol. The summed E-state index contributed by atoms with van der Waals surface area (Å²) in [5.74, 6) is 0. The van der Waals surface area contributed by atoms with Crippen LogP contribution in [-0.2, 0) is 22.4 Å². The van der Waals surface area contributed by atoms with Crippen molar-refractivity contribution in [2.24, 2.45) is 5.73 Å². The van der Waals surface area contributed by atoms with Crippen molar-refractivity contribution in [2.45, 2.75) is 21.7 Å². The molecule has 0 unspecified atom stereocenters. The van der Waals surface area contributed by atoms with E-state index in [0.717, 1.165) is 29.0 Å². The topological polar surface area (TPSA) is 76.0 Å². The summed E-state index contributed by atoms with van der Waals surface area (Å²) in [6, 6.07) is 5.60. The summed E-state index contributed by atoms with van der Waals surface area (Å²) in [7, 11) is -4.27. The van der Waals surface area contributed by atoms with Gasteiger partial charge in [0.25, 0.3) is 0 Å². The quantitative estimate of drug-likeness (QED) is 0.733. The Morgan fingerprint density at radius 3 is 2.58 bits per heavy atom. The predicted molar refractivity (Wildman–Crippen MR) is 85.8 cm³/mol. The zero-order valence-electron chi connectivity index (χ0n) is 12.2. The van der Waals surface area contributed by atoms with Crippen LogP contribution in [0.25, 0.3) is 10.2 Å². The number of hydrogen-bond acceptors (Lipinski definition) is 4. The Kier molecular flexibility index (Phi) is 4.18. The van der Waals surface area contributed by atoms with Gasteiger partial charge in [-0.3, -0.25) is 0 Å². The molecule has 2 aromatic heterocycles. The molecule has 0 aliphatic heterocycles. The second kappa shape index (κ2) is 5.91. The number of nitrogens with one attached hydrogen (secondary N) is 1. The molecule has 0 spiro atoms. The zero-order chi connectivity index (χ0) is 17.5. The third-order valence-electron chi connectivity index (χ3n) is 3.59. The highest BCUT2D eigenvalue weighted by molar-refractivity contribution is 7.93. The van der Waals surface area contributed by atoms with Crippen molar-refractivity contribution in [3.05, 3.63) is 47.7 Å². The minimum Gasteiger partial charge on any atom is -0.353 e. The Bertz CT molecular complexity index is 988. The van der Waals surface area contributed by atoms with Crippen LogP contribution in [0.15, 0.2) is 45.6 Å². The molecule has 0 bridgehead atoms. The Hall–Kier alpha value is -1.84. The van der Waals surface area contributed by atoms with Crippen LogP contribution in [0.4, 0.5) is 13.2 Å². The van der Waals surface area contributed by atoms with Gasteiger partial charge in [-0.2, -0.15) is 13.2 Å². The lowest BCUT2D eigenvalue weighted by atomic mass is 10.2. The van der Waals surface area contributed by atoms with Crippen molar-refractivity contribution in [1.29, 1.82) is 0 Å². The van der Waals surface area contributed by atoms with Crippen molar-refractivity contribution in [3.63, 3.8) is 0 Å². The van der Waals surface area contributed by atoms with Gasteiger partial charge in [-0.05, 0) is 36.7 Å².